The lowest BCUT2D eigenvalue weighted by Gasteiger charge is -2.40. The number of ether oxygens (including phenoxy) is 1. The molecule has 4 rings (SSSR count). The molecule has 0 bridgehead atoms. The highest BCUT2D eigenvalue weighted by Crippen LogP contribution is 2.22. The number of hydrogen-bond donors (Lipinski definition) is 2. The fourth-order valence-corrected chi connectivity index (χ4v) is 3.27. The zero-order chi connectivity index (χ0) is 15.6. The Balaban J connectivity index is 1.38. The van der Waals surface area contributed by atoms with E-state index in [0.29, 0.717) is 23.4 Å². The predicted octanol–water partition coefficient (Wildman–Crippen LogP) is 0.759. The molecular formula is C16H21N5O2. The van der Waals surface area contributed by atoms with Crippen molar-refractivity contribution in [3.63, 3.8) is 0 Å². The molecule has 1 saturated carbocycles. The number of nitrogens with zero attached hydrogens (tertiary/aromatic N) is 3. The van der Waals surface area contributed by atoms with Crippen molar-refractivity contribution < 1.29 is 9.53 Å². The van der Waals surface area contributed by atoms with Gasteiger partial charge < -0.3 is 15.4 Å². The molecule has 7 heteroatoms. The van der Waals surface area contributed by atoms with Gasteiger partial charge in [-0.15, -0.1) is 0 Å². The number of carbonyl (C=O) groups excluding carboxylic acids is 1. The summed E-state index contributed by atoms with van der Waals surface area (Å²) >= 11 is 0. The zero-order valence-corrected chi connectivity index (χ0v) is 12.9. The van der Waals surface area contributed by atoms with Gasteiger partial charge in [-0.2, -0.15) is 5.10 Å². The van der Waals surface area contributed by atoms with Crippen LogP contribution < -0.4 is 10.6 Å². The minimum atomic E-state index is -0.111. The number of carbonyl (C=O) groups is 1. The van der Waals surface area contributed by atoms with E-state index in [1.54, 1.807) is 16.9 Å². The van der Waals surface area contributed by atoms with Gasteiger partial charge in [0.15, 0.2) is 5.65 Å². The maximum Gasteiger partial charge on any atom is 0.271 e. The number of nitrogens with one attached hydrogen (secondary N) is 2. The van der Waals surface area contributed by atoms with E-state index in [2.05, 4.69) is 20.7 Å². The van der Waals surface area contributed by atoms with Gasteiger partial charge >= 0.3 is 0 Å². The highest BCUT2D eigenvalue weighted by molar-refractivity contribution is 5.93. The van der Waals surface area contributed by atoms with Gasteiger partial charge in [0.2, 0.25) is 0 Å². The molecule has 0 spiro atoms. The van der Waals surface area contributed by atoms with Crippen LogP contribution in [0.2, 0.25) is 0 Å². The molecule has 1 aliphatic heterocycles. The first-order valence-electron chi connectivity index (χ1n) is 8.25. The molecule has 2 aliphatic rings. The van der Waals surface area contributed by atoms with Gasteiger partial charge in [-0.3, -0.25) is 4.79 Å². The summed E-state index contributed by atoms with van der Waals surface area (Å²) in [6, 6.07) is 4.69. The lowest BCUT2D eigenvalue weighted by atomic mass is 9.85. The molecule has 23 heavy (non-hydrogen) atoms. The maximum atomic E-state index is 12.5. The summed E-state index contributed by atoms with van der Waals surface area (Å²) in [7, 11) is 0. The quantitative estimate of drug-likeness (QED) is 0.870. The number of amides is 1. The first-order valence-corrected chi connectivity index (χ1v) is 8.25. The number of fused-ring (bicyclic) bond motifs is 1. The Morgan fingerprint density at radius 3 is 2.83 bits per heavy atom. The normalized spacial score (nSPS) is 25.2. The molecule has 1 amide bonds. The van der Waals surface area contributed by atoms with Gasteiger partial charge in [0.1, 0.15) is 5.69 Å². The summed E-state index contributed by atoms with van der Waals surface area (Å²) in [5, 5.41) is 11.0. The third-order valence-electron chi connectivity index (χ3n) is 4.77. The van der Waals surface area contributed by atoms with Crippen molar-refractivity contribution in [3.8, 4) is 0 Å². The van der Waals surface area contributed by atoms with Crippen LogP contribution in [0, 0.1) is 0 Å². The van der Waals surface area contributed by atoms with Crippen molar-refractivity contribution in [2.24, 2.45) is 0 Å². The van der Waals surface area contributed by atoms with Crippen molar-refractivity contribution in [2.45, 2.75) is 43.8 Å². The molecule has 1 saturated heterocycles. The molecule has 2 atom stereocenters. The van der Waals surface area contributed by atoms with Gasteiger partial charge in [-0.05, 0) is 37.8 Å². The summed E-state index contributed by atoms with van der Waals surface area (Å²) in [6.07, 6.45) is 7.45. The van der Waals surface area contributed by atoms with E-state index in [9.17, 15) is 4.79 Å². The highest BCUT2D eigenvalue weighted by Gasteiger charge is 2.34. The monoisotopic (exact) mass is 315 g/mol. The van der Waals surface area contributed by atoms with Crippen molar-refractivity contribution >= 4 is 11.6 Å². The van der Waals surface area contributed by atoms with Crippen LogP contribution >= 0.6 is 0 Å². The maximum absolute atomic E-state index is 12.5. The predicted molar refractivity (Wildman–Crippen MR) is 84.2 cm³/mol. The number of aromatic nitrogens is 3. The Morgan fingerprint density at radius 2 is 2.04 bits per heavy atom. The first kappa shape index (κ1) is 14.6. The van der Waals surface area contributed by atoms with Crippen molar-refractivity contribution in [1.82, 2.24) is 25.2 Å². The van der Waals surface area contributed by atoms with E-state index in [1.807, 2.05) is 12.1 Å². The van der Waals surface area contributed by atoms with E-state index in [1.165, 1.54) is 0 Å². The Labute approximate surface area is 134 Å². The molecule has 2 fully saturated rings. The number of hydrogen-bond acceptors (Lipinski definition) is 5. The molecule has 2 aromatic rings. The van der Waals surface area contributed by atoms with Crippen LogP contribution in [0.5, 0.6) is 0 Å². The zero-order valence-electron chi connectivity index (χ0n) is 12.9. The second-order valence-corrected chi connectivity index (χ2v) is 6.25. The smallest absolute Gasteiger partial charge is 0.271 e. The van der Waals surface area contributed by atoms with Crippen LogP contribution in [-0.4, -0.2) is 51.8 Å². The summed E-state index contributed by atoms with van der Waals surface area (Å²) in [5.74, 6) is -0.111. The summed E-state index contributed by atoms with van der Waals surface area (Å²) in [4.78, 5) is 16.7. The SMILES string of the molecule is O=C(N[C@H]1CC[C@H]1NC1CCOCC1)c1cnc2cccnn12. The molecule has 0 unspecified atom stereocenters. The van der Waals surface area contributed by atoms with E-state index in [4.69, 9.17) is 4.74 Å². The van der Waals surface area contributed by atoms with Crippen LogP contribution in [-0.2, 0) is 4.74 Å². The molecule has 2 aromatic heterocycles. The Hall–Kier alpha value is -1.99. The average molecular weight is 315 g/mol. The summed E-state index contributed by atoms with van der Waals surface area (Å²) < 4.78 is 6.97. The van der Waals surface area contributed by atoms with Gasteiger partial charge in [0.25, 0.3) is 5.91 Å². The summed E-state index contributed by atoms with van der Waals surface area (Å²) in [5.41, 5.74) is 1.17. The molecule has 3 heterocycles. The summed E-state index contributed by atoms with van der Waals surface area (Å²) in [6.45, 7) is 1.66. The van der Waals surface area contributed by atoms with Crippen LogP contribution in [0.4, 0.5) is 0 Å². The lowest BCUT2D eigenvalue weighted by molar-refractivity contribution is 0.0651. The van der Waals surface area contributed by atoms with Gasteiger partial charge in [-0.1, -0.05) is 0 Å². The third kappa shape index (κ3) is 2.94. The largest absolute Gasteiger partial charge is 0.381 e. The molecule has 7 nitrogen and oxygen atoms in total. The average Bonchev–Trinajstić information content (AvgIpc) is 3.01. The van der Waals surface area contributed by atoms with E-state index in [-0.39, 0.29) is 11.9 Å². The second-order valence-electron chi connectivity index (χ2n) is 6.25. The lowest BCUT2D eigenvalue weighted by Crippen LogP contribution is -2.59. The Morgan fingerprint density at radius 1 is 1.22 bits per heavy atom. The van der Waals surface area contributed by atoms with Crippen LogP contribution in [0.25, 0.3) is 5.65 Å². The Kier molecular flexibility index (Phi) is 3.97. The van der Waals surface area contributed by atoms with Crippen LogP contribution in [0.1, 0.15) is 36.2 Å². The van der Waals surface area contributed by atoms with Crippen molar-refractivity contribution in [1.29, 1.82) is 0 Å². The Bertz CT molecular complexity index is 695. The fraction of sp³-hybridized carbons (Fsp3) is 0.562. The van der Waals surface area contributed by atoms with Crippen LogP contribution in [0.15, 0.2) is 24.5 Å². The fourth-order valence-electron chi connectivity index (χ4n) is 3.27. The minimum absolute atomic E-state index is 0.111. The van der Waals surface area contributed by atoms with E-state index >= 15 is 0 Å². The van der Waals surface area contributed by atoms with Crippen LogP contribution in [0.3, 0.4) is 0 Å². The first-order chi connectivity index (χ1) is 11.3. The molecular weight excluding hydrogens is 294 g/mol. The molecule has 0 radical (unpaired) electrons. The number of rotatable bonds is 4. The molecule has 122 valence electrons. The van der Waals surface area contributed by atoms with Gasteiger partial charge in [0, 0.05) is 37.5 Å². The van der Waals surface area contributed by atoms with Gasteiger partial charge in [-0.25, -0.2) is 9.50 Å². The van der Waals surface area contributed by atoms with Crippen molar-refractivity contribution in [3.05, 3.63) is 30.2 Å². The molecule has 2 N–H and O–H groups in total. The van der Waals surface area contributed by atoms with Crippen molar-refractivity contribution in [2.75, 3.05) is 13.2 Å². The second kappa shape index (κ2) is 6.25. The molecule has 1 aliphatic carbocycles. The van der Waals surface area contributed by atoms with Gasteiger partial charge in [0.05, 0.1) is 6.20 Å². The minimum Gasteiger partial charge on any atom is -0.381 e. The van der Waals surface area contributed by atoms with E-state index in [0.717, 1.165) is 38.9 Å². The van der Waals surface area contributed by atoms with E-state index < -0.39 is 0 Å². The number of imidazole rings is 1. The topological polar surface area (TPSA) is 80.5 Å². The highest BCUT2D eigenvalue weighted by atomic mass is 16.5. The standard InChI is InChI=1S/C16H21N5O2/c22-16(14-10-17-15-2-1-7-18-21(14)15)20-13-4-3-12(13)19-11-5-8-23-9-6-11/h1-2,7,10-13,19H,3-6,8-9H2,(H,20,22)/t12-,13+/m1/s1. The molecule has 0 aromatic carbocycles. The third-order valence-corrected chi connectivity index (χ3v) is 4.77.